The highest BCUT2D eigenvalue weighted by Gasteiger charge is 2.13. The molecule has 3 aromatic carbocycles. The molecule has 2 nitrogen and oxygen atoms in total. The minimum atomic E-state index is 0.0120. The van der Waals surface area contributed by atoms with Crippen molar-refractivity contribution in [3.8, 4) is 0 Å². The number of carbonyl (C=O) groups excluding carboxylic acids is 1. The summed E-state index contributed by atoms with van der Waals surface area (Å²) in [7, 11) is 1.82. The first-order valence-electron chi connectivity index (χ1n) is 7.55. The van der Waals surface area contributed by atoms with Crippen LogP contribution in [0.5, 0.6) is 0 Å². The third-order valence-electron chi connectivity index (χ3n) is 4.03. The van der Waals surface area contributed by atoms with Crippen LogP contribution in [0.2, 0.25) is 0 Å². The van der Waals surface area contributed by atoms with E-state index in [0.717, 1.165) is 17.5 Å². The average molecular weight is 289 g/mol. The van der Waals surface area contributed by atoms with Gasteiger partial charge in [-0.15, -0.1) is 0 Å². The second-order valence-electron chi connectivity index (χ2n) is 5.45. The molecule has 3 rings (SSSR count). The van der Waals surface area contributed by atoms with Gasteiger partial charge in [0.25, 0.3) is 5.91 Å². The summed E-state index contributed by atoms with van der Waals surface area (Å²) in [6.45, 7) is 2.11. The molecule has 0 spiro atoms. The smallest absolute Gasteiger partial charge is 0.258 e. The topological polar surface area (TPSA) is 20.3 Å². The lowest BCUT2D eigenvalue weighted by molar-refractivity contribution is 0.0993. The number of amides is 1. The molecule has 0 fully saturated rings. The van der Waals surface area contributed by atoms with Crippen LogP contribution < -0.4 is 4.90 Å². The molecular weight excluding hydrogens is 270 g/mol. The van der Waals surface area contributed by atoms with Gasteiger partial charge in [-0.2, -0.15) is 0 Å². The lowest BCUT2D eigenvalue weighted by atomic mass is 10.1. The van der Waals surface area contributed by atoms with E-state index in [-0.39, 0.29) is 5.91 Å². The lowest BCUT2D eigenvalue weighted by Gasteiger charge is -2.18. The Balaban J connectivity index is 1.90. The zero-order valence-electron chi connectivity index (χ0n) is 12.9. The van der Waals surface area contributed by atoms with Gasteiger partial charge in [0.15, 0.2) is 0 Å². The second kappa shape index (κ2) is 6.02. The van der Waals surface area contributed by atoms with Crippen molar-refractivity contribution in [2.45, 2.75) is 13.3 Å². The number of nitrogens with zero attached hydrogens (tertiary/aromatic N) is 1. The van der Waals surface area contributed by atoms with Gasteiger partial charge in [-0.05, 0) is 47.0 Å². The minimum Gasteiger partial charge on any atom is -0.311 e. The van der Waals surface area contributed by atoms with Crippen LogP contribution in [0.1, 0.15) is 22.8 Å². The summed E-state index contributed by atoms with van der Waals surface area (Å²) >= 11 is 0. The van der Waals surface area contributed by atoms with Crippen molar-refractivity contribution in [1.82, 2.24) is 0 Å². The maximum Gasteiger partial charge on any atom is 0.258 e. The lowest BCUT2D eigenvalue weighted by Crippen LogP contribution is -2.26. The Morgan fingerprint density at radius 3 is 2.27 bits per heavy atom. The SMILES string of the molecule is CCc1ccc(C(=O)N(C)c2ccc3ccccc3c2)cc1. The zero-order valence-corrected chi connectivity index (χ0v) is 12.9. The molecule has 0 radical (unpaired) electrons. The first-order chi connectivity index (χ1) is 10.7. The molecular formula is C20H19NO. The second-order valence-corrected chi connectivity index (χ2v) is 5.45. The summed E-state index contributed by atoms with van der Waals surface area (Å²) in [5.41, 5.74) is 2.86. The Hall–Kier alpha value is -2.61. The molecule has 22 heavy (non-hydrogen) atoms. The Morgan fingerprint density at radius 1 is 0.909 bits per heavy atom. The number of hydrogen-bond acceptors (Lipinski definition) is 1. The van der Waals surface area contributed by atoms with Crippen molar-refractivity contribution in [1.29, 1.82) is 0 Å². The number of aryl methyl sites for hydroxylation is 1. The largest absolute Gasteiger partial charge is 0.311 e. The maximum atomic E-state index is 12.6. The van der Waals surface area contributed by atoms with Crippen molar-refractivity contribution in [3.05, 3.63) is 77.9 Å². The number of carbonyl (C=O) groups is 1. The highest BCUT2D eigenvalue weighted by atomic mass is 16.2. The number of hydrogen-bond donors (Lipinski definition) is 0. The van der Waals surface area contributed by atoms with E-state index in [2.05, 4.69) is 25.1 Å². The summed E-state index contributed by atoms with van der Waals surface area (Å²) in [6, 6.07) is 22.1. The van der Waals surface area contributed by atoms with Gasteiger partial charge in [0, 0.05) is 18.3 Å². The van der Waals surface area contributed by atoms with Crippen LogP contribution in [0.4, 0.5) is 5.69 Å². The molecule has 0 heterocycles. The molecule has 0 aliphatic heterocycles. The Bertz CT molecular complexity index is 805. The van der Waals surface area contributed by atoms with Gasteiger partial charge in [0.05, 0.1) is 0 Å². The van der Waals surface area contributed by atoms with E-state index in [1.54, 1.807) is 4.90 Å². The molecule has 0 aliphatic carbocycles. The Morgan fingerprint density at radius 2 is 1.59 bits per heavy atom. The first kappa shape index (κ1) is 14.3. The number of fused-ring (bicyclic) bond motifs is 1. The van der Waals surface area contributed by atoms with Crippen LogP contribution in [0, 0.1) is 0 Å². The summed E-state index contributed by atoms with van der Waals surface area (Å²) in [6.07, 6.45) is 0.981. The molecule has 0 N–H and O–H groups in total. The van der Waals surface area contributed by atoms with Crippen LogP contribution in [-0.2, 0) is 6.42 Å². The van der Waals surface area contributed by atoms with Gasteiger partial charge in [-0.1, -0.05) is 49.4 Å². The third kappa shape index (κ3) is 2.73. The molecule has 1 amide bonds. The van der Waals surface area contributed by atoms with Crippen LogP contribution in [0.25, 0.3) is 10.8 Å². The molecule has 0 saturated carbocycles. The van der Waals surface area contributed by atoms with Crippen LogP contribution in [-0.4, -0.2) is 13.0 Å². The molecule has 0 unspecified atom stereocenters. The van der Waals surface area contributed by atoms with E-state index in [1.165, 1.54) is 10.9 Å². The molecule has 2 heteroatoms. The van der Waals surface area contributed by atoms with Crippen molar-refractivity contribution < 1.29 is 4.79 Å². The van der Waals surface area contributed by atoms with E-state index in [0.29, 0.717) is 5.56 Å². The normalized spacial score (nSPS) is 10.6. The zero-order chi connectivity index (χ0) is 15.5. The fraction of sp³-hybridized carbons (Fsp3) is 0.150. The van der Waals surface area contributed by atoms with E-state index >= 15 is 0 Å². The van der Waals surface area contributed by atoms with Gasteiger partial charge < -0.3 is 4.90 Å². The molecule has 3 aromatic rings. The van der Waals surface area contributed by atoms with E-state index in [9.17, 15) is 4.79 Å². The fourth-order valence-electron chi connectivity index (χ4n) is 2.58. The van der Waals surface area contributed by atoms with Crippen LogP contribution in [0.15, 0.2) is 66.7 Å². The summed E-state index contributed by atoms with van der Waals surface area (Å²) in [5.74, 6) is 0.0120. The highest BCUT2D eigenvalue weighted by molar-refractivity contribution is 6.06. The number of anilines is 1. The third-order valence-corrected chi connectivity index (χ3v) is 4.03. The van der Waals surface area contributed by atoms with Gasteiger partial charge in [0.1, 0.15) is 0 Å². The molecule has 0 atom stereocenters. The highest BCUT2D eigenvalue weighted by Crippen LogP contribution is 2.22. The predicted octanol–water partition coefficient (Wildman–Crippen LogP) is 4.68. The van der Waals surface area contributed by atoms with Crippen molar-refractivity contribution in [3.63, 3.8) is 0 Å². The van der Waals surface area contributed by atoms with E-state index in [4.69, 9.17) is 0 Å². The van der Waals surface area contributed by atoms with Gasteiger partial charge in [-0.25, -0.2) is 0 Å². The van der Waals surface area contributed by atoms with E-state index in [1.807, 2.05) is 55.6 Å². The molecule has 0 aromatic heterocycles. The van der Waals surface area contributed by atoms with Crippen molar-refractivity contribution in [2.75, 3.05) is 11.9 Å². The van der Waals surface area contributed by atoms with Crippen molar-refractivity contribution in [2.24, 2.45) is 0 Å². The molecule has 110 valence electrons. The average Bonchev–Trinajstić information content (AvgIpc) is 2.60. The predicted molar refractivity (Wildman–Crippen MR) is 92.5 cm³/mol. The Labute approximate surface area is 131 Å². The van der Waals surface area contributed by atoms with Gasteiger partial charge >= 0.3 is 0 Å². The molecule has 0 bridgehead atoms. The molecule has 0 saturated heterocycles. The number of rotatable bonds is 3. The van der Waals surface area contributed by atoms with Gasteiger partial charge in [0.2, 0.25) is 0 Å². The monoisotopic (exact) mass is 289 g/mol. The maximum absolute atomic E-state index is 12.6. The molecule has 0 aliphatic rings. The van der Waals surface area contributed by atoms with Crippen LogP contribution in [0.3, 0.4) is 0 Å². The first-order valence-corrected chi connectivity index (χ1v) is 7.55. The van der Waals surface area contributed by atoms with Gasteiger partial charge in [-0.3, -0.25) is 4.79 Å². The number of benzene rings is 3. The minimum absolute atomic E-state index is 0.0120. The summed E-state index contributed by atoms with van der Waals surface area (Å²) in [4.78, 5) is 14.3. The quantitative estimate of drug-likeness (QED) is 0.685. The van der Waals surface area contributed by atoms with Crippen LogP contribution >= 0.6 is 0 Å². The summed E-state index contributed by atoms with van der Waals surface area (Å²) in [5, 5.41) is 2.32. The summed E-state index contributed by atoms with van der Waals surface area (Å²) < 4.78 is 0. The standard InChI is InChI=1S/C20H19NO/c1-3-15-8-10-17(11-9-15)20(22)21(2)19-13-12-16-6-4-5-7-18(16)14-19/h4-14H,3H2,1-2H3. The van der Waals surface area contributed by atoms with E-state index < -0.39 is 0 Å². The Kier molecular flexibility index (Phi) is 3.92. The van der Waals surface area contributed by atoms with Crippen molar-refractivity contribution >= 4 is 22.4 Å². The fourth-order valence-corrected chi connectivity index (χ4v) is 2.58.